The van der Waals surface area contributed by atoms with Crippen molar-refractivity contribution >= 4 is 11.9 Å². The molecule has 1 aromatic carbocycles. The molecule has 0 unspecified atom stereocenters. The van der Waals surface area contributed by atoms with Crippen molar-refractivity contribution in [3.63, 3.8) is 0 Å². The first-order valence-corrected chi connectivity index (χ1v) is 5.94. The quantitative estimate of drug-likeness (QED) is 0.662. The van der Waals surface area contributed by atoms with Crippen molar-refractivity contribution in [3.8, 4) is 5.75 Å². The highest BCUT2D eigenvalue weighted by Crippen LogP contribution is 2.08. The summed E-state index contributed by atoms with van der Waals surface area (Å²) in [6.07, 6.45) is -0.391. The first kappa shape index (κ1) is 15.0. The molecule has 1 rings (SSSR count). The molecule has 104 valence electrons. The molecule has 1 aromatic rings. The Balaban J connectivity index is 2.32. The van der Waals surface area contributed by atoms with E-state index < -0.39 is 24.3 Å². The van der Waals surface area contributed by atoms with Gasteiger partial charge in [-0.25, -0.2) is 0 Å². The molecule has 4 N–H and O–H groups in total. The molecule has 6 nitrogen and oxygen atoms in total. The summed E-state index contributed by atoms with van der Waals surface area (Å²) in [6, 6.07) is 7.89. The predicted molar refractivity (Wildman–Crippen MR) is 69.8 cm³/mol. The number of nitrogens with one attached hydrogen (secondary N) is 1. The Morgan fingerprint density at radius 1 is 1.37 bits per heavy atom. The fraction of sp³-hybridized carbons (Fsp3) is 0.385. The Kier molecular flexibility index (Phi) is 5.81. The number of benzene rings is 1. The number of rotatable bonds is 7. The summed E-state index contributed by atoms with van der Waals surface area (Å²) in [7, 11) is 0. The van der Waals surface area contributed by atoms with Gasteiger partial charge in [-0.1, -0.05) is 18.2 Å². The number of hydrogen-bond donors (Lipinski definition) is 3. The molecular weight excluding hydrogens is 248 g/mol. The topological polar surface area (TPSA) is 102 Å². The number of nitrogens with two attached hydrogens (primary N) is 1. The van der Waals surface area contributed by atoms with Crippen molar-refractivity contribution in [1.82, 2.24) is 5.32 Å². The smallest absolute Gasteiger partial charge is 0.305 e. The lowest BCUT2D eigenvalue weighted by atomic mass is 10.2. The van der Waals surface area contributed by atoms with E-state index in [1.54, 1.807) is 6.92 Å². The van der Waals surface area contributed by atoms with Crippen LogP contribution < -0.4 is 15.8 Å². The summed E-state index contributed by atoms with van der Waals surface area (Å²) in [5.74, 6) is -0.888. The molecule has 0 saturated heterocycles. The van der Waals surface area contributed by atoms with Gasteiger partial charge in [-0.2, -0.15) is 0 Å². The molecule has 0 spiro atoms. The van der Waals surface area contributed by atoms with E-state index in [4.69, 9.17) is 15.6 Å². The lowest BCUT2D eigenvalue weighted by Gasteiger charge is -2.17. The molecule has 6 heteroatoms. The van der Waals surface area contributed by atoms with E-state index in [0.29, 0.717) is 5.75 Å². The Hall–Kier alpha value is -2.08. The van der Waals surface area contributed by atoms with Gasteiger partial charge in [-0.05, 0) is 19.1 Å². The van der Waals surface area contributed by atoms with Crippen molar-refractivity contribution in [2.75, 3.05) is 6.61 Å². The molecule has 1 amide bonds. The zero-order valence-corrected chi connectivity index (χ0v) is 10.7. The summed E-state index contributed by atoms with van der Waals surface area (Å²) < 4.78 is 5.46. The molecule has 0 aliphatic carbocycles. The maximum absolute atomic E-state index is 11.5. The monoisotopic (exact) mass is 266 g/mol. The van der Waals surface area contributed by atoms with Gasteiger partial charge in [-0.15, -0.1) is 0 Å². The third-order valence-corrected chi connectivity index (χ3v) is 2.36. The molecule has 0 fully saturated rings. The van der Waals surface area contributed by atoms with Crippen LogP contribution in [-0.4, -0.2) is 35.7 Å². The molecule has 19 heavy (non-hydrogen) atoms. The van der Waals surface area contributed by atoms with Crippen LogP contribution in [0.3, 0.4) is 0 Å². The molecular formula is C13H18N2O4. The van der Waals surface area contributed by atoms with Gasteiger partial charge in [0.1, 0.15) is 12.4 Å². The highest BCUT2D eigenvalue weighted by atomic mass is 16.5. The van der Waals surface area contributed by atoms with E-state index >= 15 is 0 Å². The minimum absolute atomic E-state index is 0.257. The molecule has 0 aromatic heterocycles. The zero-order chi connectivity index (χ0) is 14.3. The van der Waals surface area contributed by atoms with Gasteiger partial charge >= 0.3 is 5.97 Å². The number of amides is 1. The number of carbonyl (C=O) groups excluding carboxylic acids is 1. The maximum Gasteiger partial charge on any atom is 0.305 e. The largest absolute Gasteiger partial charge is 0.491 e. The van der Waals surface area contributed by atoms with Crippen LogP contribution in [-0.2, 0) is 9.59 Å². The Labute approximate surface area is 111 Å². The minimum Gasteiger partial charge on any atom is -0.491 e. The fourth-order valence-electron chi connectivity index (χ4n) is 1.41. The van der Waals surface area contributed by atoms with Gasteiger partial charge < -0.3 is 20.9 Å². The Morgan fingerprint density at radius 3 is 2.58 bits per heavy atom. The highest BCUT2D eigenvalue weighted by Gasteiger charge is 2.18. The van der Waals surface area contributed by atoms with Crippen LogP contribution in [0.25, 0.3) is 0 Å². The molecule has 0 bridgehead atoms. The standard InChI is InChI=1S/C13H18N2O4/c1-9(8-19-10-5-3-2-4-6-10)15-13(18)11(14)7-12(16)17/h2-6,9,11H,7-8,14H2,1H3,(H,15,18)(H,16,17)/t9-,11+/m0/s1. The molecule has 0 aliphatic rings. The lowest BCUT2D eigenvalue weighted by molar-refractivity contribution is -0.139. The van der Waals surface area contributed by atoms with Gasteiger partial charge in [-0.3, -0.25) is 9.59 Å². The van der Waals surface area contributed by atoms with E-state index in [1.807, 2.05) is 30.3 Å². The third-order valence-electron chi connectivity index (χ3n) is 2.36. The third kappa shape index (κ3) is 5.87. The van der Waals surface area contributed by atoms with Crippen LogP contribution in [0.2, 0.25) is 0 Å². The van der Waals surface area contributed by atoms with E-state index in [9.17, 15) is 9.59 Å². The lowest BCUT2D eigenvalue weighted by Crippen LogP contribution is -2.47. The first-order chi connectivity index (χ1) is 8.99. The normalized spacial score (nSPS) is 13.4. The number of hydrogen-bond acceptors (Lipinski definition) is 4. The second kappa shape index (κ2) is 7.38. The van der Waals surface area contributed by atoms with Crippen molar-refractivity contribution in [2.45, 2.75) is 25.4 Å². The average molecular weight is 266 g/mol. The zero-order valence-electron chi connectivity index (χ0n) is 10.7. The molecule has 0 radical (unpaired) electrons. The summed E-state index contributed by atoms with van der Waals surface area (Å²) in [5.41, 5.74) is 5.44. The average Bonchev–Trinajstić information content (AvgIpc) is 2.36. The molecule has 0 saturated carbocycles. The SMILES string of the molecule is C[C@@H](COc1ccccc1)NC(=O)[C@H](N)CC(=O)O. The van der Waals surface area contributed by atoms with Gasteiger partial charge in [0, 0.05) is 0 Å². The second-order valence-electron chi connectivity index (χ2n) is 4.24. The second-order valence-corrected chi connectivity index (χ2v) is 4.24. The van der Waals surface area contributed by atoms with Gasteiger partial charge in [0.05, 0.1) is 18.5 Å². The number of para-hydroxylation sites is 1. The fourth-order valence-corrected chi connectivity index (χ4v) is 1.41. The molecule has 0 aliphatic heterocycles. The maximum atomic E-state index is 11.5. The summed E-state index contributed by atoms with van der Waals surface area (Å²) in [6.45, 7) is 2.05. The van der Waals surface area contributed by atoms with E-state index in [1.165, 1.54) is 0 Å². The van der Waals surface area contributed by atoms with Crippen LogP contribution in [0.4, 0.5) is 0 Å². The number of aliphatic carboxylic acids is 1. The molecule has 0 heterocycles. The highest BCUT2D eigenvalue weighted by molar-refractivity contribution is 5.86. The van der Waals surface area contributed by atoms with E-state index in [2.05, 4.69) is 5.32 Å². The van der Waals surface area contributed by atoms with Crippen molar-refractivity contribution < 1.29 is 19.4 Å². The number of carboxylic acid groups (broad SMARTS) is 1. The van der Waals surface area contributed by atoms with Gasteiger partial charge in [0.15, 0.2) is 0 Å². The van der Waals surface area contributed by atoms with Crippen molar-refractivity contribution in [3.05, 3.63) is 30.3 Å². The summed E-state index contributed by atoms with van der Waals surface area (Å²) in [5, 5.41) is 11.1. The van der Waals surface area contributed by atoms with Crippen LogP contribution in [0.15, 0.2) is 30.3 Å². The predicted octanol–water partition coefficient (Wildman–Crippen LogP) is 0.372. The van der Waals surface area contributed by atoms with Crippen LogP contribution in [0, 0.1) is 0 Å². The minimum atomic E-state index is -1.10. The first-order valence-electron chi connectivity index (χ1n) is 5.94. The number of carboxylic acids is 1. The summed E-state index contributed by atoms with van der Waals surface area (Å²) in [4.78, 5) is 22.0. The Bertz CT molecular complexity index is 422. The van der Waals surface area contributed by atoms with Crippen LogP contribution in [0.1, 0.15) is 13.3 Å². The van der Waals surface area contributed by atoms with Gasteiger partial charge in [0.2, 0.25) is 5.91 Å². The number of carbonyl (C=O) groups is 2. The number of ether oxygens (including phenoxy) is 1. The van der Waals surface area contributed by atoms with E-state index in [-0.39, 0.29) is 12.6 Å². The Morgan fingerprint density at radius 2 is 2.00 bits per heavy atom. The van der Waals surface area contributed by atoms with E-state index in [0.717, 1.165) is 0 Å². The van der Waals surface area contributed by atoms with Crippen LogP contribution in [0.5, 0.6) is 5.75 Å². The van der Waals surface area contributed by atoms with Crippen molar-refractivity contribution in [2.24, 2.45) is 5.73 Å². The van der Waals surface area contributed by atoms with Gasteiger partial charge in [0.25, 0.3) is 0 Å². The molecule has 2 atom stereocenters. The van der Waals surface area contributed by atoms with Crippen molar-refractivity contribution in [1.29, 1.82) is 0 Å². The van der Waals surface area contributed by atoms with Crippen LogP contribution >= 0.6 is 0 Å². The summed E-state index contributed by atoms with van der Waals surface area (Å²) >= 11 is 0.